The fraction of sp³-hybridized carbons (Fsp3) is 0.471. The highest BCUT2D eigenvalue weighted by Crippen LogP contribution is 2.36. The van der Waals surface area contributed by atoms with Crippen molar-refractivity contribution in [2.75, 3.05) is 19.6 Å². The number of aryl methyl sites for hydroxylation is 1. The summed E-state index contributed by atoms with van der Waals surface area (Å²) in [6.45, 7) is 4.81. The van der Waals surface area contributed by atoms with Gasteiger partial charge in [-0.25, -0.2) is 0 Å². The number of nitrogens with one attached hydrogen (secondary N) is 1. The van der Waals surface area contributed by atoms with Crippen molar-refractivity contribution in [1.29, 1.82) is 0 Å². The third kappa shape index (κ3) is 3.59. The van der Waals surface area contributed by atoms with E-state index in [1.165, 1.54) is 19.3 Å². The van der Waals surface area contributed by atoms with E-state index in [1.807, 2.05) is 25.1 Å². The maximum absolute atomic E-state index is 11.9. The maximum atomic E-state index is 11.9. The number of para-hydroxylation sites is 1. The number of fused-ring (bicyclic) bond motifs is 1. The second kappa shape index (κ2) is 6.91. The van der Waals surface area contributed by atoms with Crippen LogP contribution in [-0.2, 0) is 4.79 Å². The molecule has 0 atom stereocenters. The number of azo groups is 1. The number of hydrogen-bond acceptors (Lipinski definition) is 4. The number of benzene rings is 1. The molecule has 1 amide bonds. The van der Waals surface area contributed by atoms with E-state index in [4.69, 9.17) is 0 Å². The van der Waals surface area contributed by atoms with Gasteiger partial charge in [0, 0.05) is 18.4 Å². The average Bonchev–Trinajstić information content (AvgIpc) is 2.89. The number of amides is 1. The van der Waals surface area contributed by atoms with Gasteiger partial charge >= 0.3 is 0 Å². The van der Waals surface area contributed by atoms with Crippen LogP contribution in [0.1, 0.15) is 31.2 Å². The Balaban J connectivity index is 1.66. The molecule has 1 saturated heterocycles. The summed E-state index contributed by atoms with van der Waals surface area (Å²) in [5, 5.41) is 18.5. The van der Waals surface area contributed by atoms with Crippen LogP contribution in [0.2, 0.25) is 0 Å². The predicted octanol–water partition coefficient (Wildman–Crippen LogP) is 3.67. The second-order valence-corrected chi connectivity index (χ2v) is 6.07. The monoisotopic (exact) mass is 314 g/mol. The van der Waals surface area contributed by atoms with Crippen LogP contribution in [0.4, 0.5) is 5.69 Å². The number of aromatic nitrogens is 1. The van der Waals surface area contributed by atoms with Crippen molar-refractivity contribution < 1.29 is 9.90 Å². The molecule has 0 bridgehead atoms. The Bertz CT molecular complexity index is 730. The number of aromatic hydroxyl groups is 1. The molecule has 23 heavy (non-hydrogen) atoms. The van der Waals surface area contributed by atoms with E-state index >= 15 is 0 Å². The summed E-state index contributed by atoms with van der Waals surface area (Å²) in [7, 11) is 0. The molecule has 1 aliphatic rings. The third-order valence-corrected chi connectivity index (χ3v) is 4.35. The fourth-order valence-electron chi connectivity index (χ4n) is 3.03. The quantitative estimate of drug-likeness (QED) is 0.845. The van der Waals surface area contributed by atoms with Crippen molar-refractivity contribution >= 4 is 22.5 Å². The number of H-pyrrole nitrogens is 1. The molecule has 2 aromatic rings. The standard InChI is InChI=1S/C17H22N4O2/c1-12-6-5-7-13-15(12)18-17(23)16(13)20-19-14(22)8-11-21-9-3-2-4-10-21/h5-7,18,23H,2-4,8-11H2,1H3. The molecule has 1 fully saturated rings. The van der Waals surface area contributed by atoms with Crippen molar-refractivity contribution in [2.45, 2.75) is 32.6 Å². The zero-order chi connectivity index (χ0) is 16.2. The van der Waals surface area contributed by atoms with E-state index in [-0.39, 0.29) is 11.8 Å². The minimum Gasteiger partial charge on any atom is -0.493 e. The van der Waals surface area contributed by atoms with Gasteiger partial charge in [0.05, 0.1) is 5.52 Å². The van der Waals surface area contributed by atoms with Crippen molar-refractivity contribution in [2.24, 2.45) is 10.2 Å². The van der Waals surface area contributed by atoms with E-state index in [2.05, 4.69) is 20.1 Å². The SMILES string of the molecule is Cc1cccc2c(N=NC(=O)CCN3CCCCC3)c(O)[nH]c12. The number of likely N-dealkylation sites (tertiary alicyclic amines) is 1. The van der Waals surface area contributed by atoms with E-state index < -0.39 is 0 Å². The van der Waals surface area contributed by atoms with Gasteiger partial charge < -0.3 is 15.0 Å². The summed E-state index contributed by atoms with van der Waals surface area (Å²) >= 11 is 0. The third-order valence-electron chi connectivity index (χ3n) is 4.35. The molecule has 122 valence electrons. The topological polar surface area (TPSA) is 81.1 Å². The molecular weight excluding hydrogens is 292 g/mol. The minimum absolute atomic E-state index is 0.0538. The zero-order valence-electron chi connectivity index (χ0n) is 13.4. The van der Waals surface area contributed by atoms with E-state index in [0.717, 1.165) is 36.1 Å². The van der Waals surface area contributed by atoms with Crippen LogP contribution in [0.5, 0.6) is 5.88 Å². The Hall–Kier alpha value is -2.21. The van der Waals surface area contributed by atoms with Gasteiger partial charge in [-0.05, 0) is 38.4 Å². The van der Waals surface area contributed by atoms with Gasteiger partial charge in [0.15, 0.2) is 5.69 Å². The number of aromatic amines is 1. The van der Waals surface area contributed by atoms with Crippen LogP contribution in [0.25, 0.3) is 10.9 Å². The Morgan fingerprint density at radius 3 is 2.87 bits per heavy atom. The van der Waals surface area contributed by atoms with Crippen LogP contribution in [0.15, 0.2) is 28.4 Å². The van der Waals surface area contributed by atoms with Crippen molar-refractivity contribution in [3.05, 3.63) is 23.8 Å². The van der Waals surface area contributed by atoms with Gasteiger partial charge in [-0.15, -0.1) is 10.2 Å². The van der Waals surface area contributed by atoms with Gasteiger partial charge in [0.1, 0.15) is 0 Å². The molecule has 1 aromatic heterocycles. The first-order valence-corrected chi connectivity index (χ1v) is 8.12. The van der Waals surface area contributed by atoms with Crippen molar-refractivity contribution in [3.8, 4) is 5.88 Å². The number of nitrogens with zero attached hydrogens (tertiary/aromatic N) is 3. The zero-order valence-corrected chi connectivity index (χ0v) is 13.4. The first-order valence-electron chi connectivity index (χ1n) is 8.12. The molecule has 6 heteroatoms. The Kier molecular flexibility index (Phi) is 4.71. The number of rotatable bonds is 4. The van der Waals surface area contributed by atoms with Gasteiger partial charge in [-0.1, -0.05) is 24.6 Å². The lowest BCUT2D eigenvalue weighted by Crippen LogP contribution is -2.31. The Morgan fingerprint density at radius 2 is 2.09 bits per heavy atom. The van der Waals surface area contributed by atoms with E-state index in [1.54, 1.807) is 0 Å². The number of carbonyl (C=O) groups is 1. The molecule has 2 N–H and O–H groups in total. The smallest absolute Gasteiger partial charge is 0.266 e. The molecule has 0 unspecified atom stereocenters. The lowest BCUT2D eigenvalue weighted by molar-refractivity contribution is -0.118. The highest BCUT2D eigenvalue weighted by molar-refractivity contribution is 5.96. The minimum atomic E-state index is -0.253. The largest absolute Gasteiger partial charge is 0.493 e. The summed E-state index contributed by atoms with van der Waals surface area (Å²) < 4.78 is 0. The number of piperidine rings is 1. The predicted molar refractivity (Wildman–Crippen MR) is 89.1 cm³/mol. The van der Waals surface area contributed by atoms with Crippen molar-refractivity contribution in [1.82, 2.24) is 9.88 Å². The molecule has 1 aromatic carbocycles. The van der Waals surface area contributed by atoms with Crippen LogP contribution in [-0.4, -0.2) is 40.5 Å². The molecule has 1 aliphatic heterocycles. The van der Waals surface area contributed by atoms with Crippen LogP contribution >= 0.6 is 0 Å². The molecule has 0 radical (unpaired) electrons. The van der Waals surface area contributed by atoms with Crippen LogP contribution in [0.3, 0.4) is 0 Å². The summed E-state index contributed by atoms with van der Waals surface area (Å²) in [4.78, 5) is 17.1. The van der Waals surface area contributed by atoms with Crippen molar-refractivity contribution in [3.63, 3.8) is 0 Å². The summed E-state index contributed by atoms with van der Waals surface area (Å²) in [6.07, 6.45) is 4.06. The molecule has 0 spiro atoms. The van der Waals surface area contributed by atoms with Gasteiger partial charge in [0.2, 0.25) is 5.88 Å². The normalized spacial score (nSPS) is 16.4. The molecule has 3 rings (SSSR count). The van der Waals surface area contributed by atoms with Crippen LogP contribution < -0.4 is 0 Å². The highest BCUT2D eigenvalue weighted by Gasteiger charge is 2.13. The highest BCUT2D eigenvalue weighted by atomic mass is 16.3. The number of carbonyl (C=O) groups excluding carboxylic acids is 1. The van der Waals surface area contributed by atoms with E-state index in [9.17, 15) is 9.90 Å². The summed E-state index contributed by atoms with van der Waals surface area (Å²) in [5.41, 5.74) is 2.16. The van der Waals surface area contributed by atoms with E-state index in [0.29, 0.717) is 12.1 Å². The molecular formula is C17H22N4O2. The molecule has 0 saturated carbocycles. The lowest BCUT2D eigenvalue weighted by atomic mass is 10.1. The van der Waals surface area contributed by atoms with Gasteiger partial charge in [-0.2, -0.15) is 0 Å². The first kappa shape index (κ1) is 15.7. The first-order chi connectivity index (χ1) is 11.1. The van der Waals surface area contributed by atoms with Gasteiger partial charge in [-0.3, -0.25) is 4.79 Å². The van der Waals surface area contributed by atoms with Crippen LogP contribution in [0, 0.1) is 6.92 Å². The number of hydrogen-bond donors (Lipinski definition) is 2. The molecule has 2 heterocycles. The molecule has 0 aliphatic carbocycles. The average molecular weight is 314 g/mol. The lowest BCUT2D eigenvalue weighted by Gasteiger charge is -2.25. The Morgan fingerprint density at radius 1 is 1.30 bits per heavy atom. The Labute approximate surface area is 135 Å². The second-order valence-electron chi connectivity index (χ2n) is 6.07. The van der Waals surface area contributed by atoms with Gasteiger partial charge in [0.25, 0.3) is 5.91 Å². The maximum Gasteiger partial charge on any atom is 0.266 e. The fourth-order valence-corrected chi connectivity index (χ4v) is 3.03. The molecule has 6 nitrogen and oxygen atoms in total. The summed E-state index contributed by atoms with van der Waals surface area (Å²) in [5.74, 6) is -0.307. The summed E-state index contributed by atoms with van der Waals surface area (Å²) in [6, 6.07) is 5.69.